The molecule has 1 aliphatic heterocycles. The van der Waals surface area contributed by atoms with E-state index in [2.05, 4.69) is 52.5 Å². The summed E-state index contributed by atoms with van der Waals surface area (Å²) >= 11 is 0. The monoisotopic (exact) mass is 260 g/mol. The maximum atomic E-state index is 7.41. The van der Waals surface area contributed by atoms with Crippen molar-refractivity contribution in [2.75, 3.05) is 0 Å². The molecule has 0 saturated heterocycles. The molecule has 2 heterocycles. The lowest BCUT2D eigenvalue weighted by Gasteiger charge is -2.06. The normalized spacial score (nSPS) is 12.2. The molecule has 2 aromatic carbocycles. The fourth-order valence-corrected chi connectivity index (χ4v) is 3.13. The first-order chi connectivity index (χ1) is 9.70. The van der Waals surface area contributed by atoms with Crippen LogP contribution in [0, 0.1) is 20.4 Å². The van der Waals surface area contributed by atoms with Gasteiger partial charge in [-0.2, -0.15) is 0 Å². The van der Waals surface area contributed by atoms with E-state index in [0.717, 1.165) is 23.1 Å². The van der Waals surface area contributed by atoms with Crippen LogP contribution in [0.2, 0.25) is 0 Å². The predicted molar refractivity (Wildman–Crippen MR) is 78.3 cm³/mol. The third-order valence-electron chi connectivity index (χ3n) is 4.25. The van der Waals surface area contributed by atoms with Crippen LogP contribution in [0.15, 0.2) is 36.5 Å². The lowest BCUT2D eigenvalue weighted by molar-refractivity contribution is -0.749. The number of nitrogens with zero attached hydrogens (tertiary/aromatic N) is 3. The van der Waals surface area contributed by atoms with E-state index in [1.165, 1.54) is 22.4 Å². The molecule has 0 radical (unpaired) electrons. The first-order valence-electron chi connectivity index (χ1n) is 6.72. The van der Waals surface area contributed by atoms with Crippen molar-refractivity contribution in [2.24, 2.45) is 0 Å². The van der Waals surface area contributed by atoms with Crippen LogP contribution < -0.4 is 4.68 Å². The highest BCUT2D eigenvalue weighted by atomic mass is 15.4. The summed E-state index contributed by atoms with van der Waals surface area (Å²) < 4.78 is 4.41. The molecule has 3 heteroatoms. The molecular weight excluding hydrogens is 246 g/mol. The standard InChI is InChI=1S/C17H14N3/c1-11-7-8-14-10-19-9-13-5-4-6-15(18-3)17(13)20(19)16(14)12(11)2/h4-9H,10H2,1-2H3/q+1. The van der Waals surface area contributed by atoms with Crippen LogP contribution in [0.4, 0.5) is 5.69 Å². The number of para-hydroxylation sites is 1. The molecule has 96 valence electrons. The molecule has 20 heavy (non-hydrogen) atoms. The van der Waals surface area contributed by atoms with Gasteiger partial charge in [0, 0.05) is 5.56 Å². The van der Waals surface area contributed by atoms with Gasteiger partial charge in [-0.3, -0.25) is 0 Å². The number of fused-ring (bicyclic) bond motifs is 5. The molecule has 3 nitrogen and oxygen atoms in total. The Kier molecular flexibility index (Phi) is 2.08. The Morgan fingerprint density at radius 2 is 2.05 bits per heavy atom. The zero-order chi connectivity index (χ0) is 13.9. The van der Waals surface area contributed by atoms with Crippen LogP contribution in [-0.2, 0) is 6.54 Å². The Morgan fingerprint density at radius 3 is 2.85 bits per heavy atom. The molecule has 0 amide bonds. The number of benzene rings is 2. The van der Waals surface area contributed by atoms with Gasteiger partial charge in [-0.15, -0.1) is 9.36 Å². The van der Waals surface area contributed by atoms with Gasteiger partial charge >= 0.3 is 0 Å². The zero-order valence-corrected chi connectivity index (χ0v) is 11.5. The van der Waals surface area contributed by atoms with Crippen LogP contribution in [0.3, 0.4) is 0 Å². The molecule has 0 fully saturated rings. The molecule has 4 rings (SSSR count). The van der Waals surface area contributed by atoms with E-state index in [-0.39, 0.29) is 0 Å². The second-order valence-electron chi connectivity index (χ2n) is 5.38. The van der Waals surface area contributed by atoms with E-state index in [4.69, 9.17) is 6.57 Å². The first kappa shape index (κ1) is 11.2. The third kappa shape index (κ3) is 1.26. The maximum absolute atomic E-state index is 7.41. The molecular formula is C17H14N3+. The number of hydrogen-bond acceptors (Lipinski definition) is 0. The van der Waals surface area contributed by atoms with Crippen molar-refractivity contribution in [1.82, 2.24) is 4.68 Å². The van der Waals surface area contributed by atoms with Crippen molar-refractivity contribution in [3.05, 3.63) is 64.6 Å². The molecule has 0 spiro atoms. The summed E-state index contributed by atoms with van der Waals surface area (Å²) in [5.41, 5.74) is 6.90. The van der Waals surface area contributed by atoms with E-state index >= 15 is 0 Å². The highest BCUT2D eigenvalue weighted by Crippen LogP contribution is 2.33. The van der Waals surface area contributed by atoms with Gasteiger partial charge in [0.15, 0.2) is 6.54 Å². The van der Waals surface area contributed by atoms with Gasteiger partial charge in [-0.25, -0.2) is 4.85 Å². The van der Waals surface area contributed by atoms with E-state index in [1.54, 1.807) is 0 Å². The lowest BCUT2D eigenvalue weighted by Crippen LogP contribution is -2.36. The Hall–Kier alpha value is -2.60. The van der Waals surface area contributed by atoms with Gasteiger partial charge in [0.25, 0.3) is 0 Å². The van der Waals surface area contributed by atoms with Gasteiger partial charge < -0.3 is 0 Å². The molecule has 0 atom stereocenters. The second kappa shape index (κ2) is 3.71. The topological polar surface area (TPSA) is 13.2 Å². The minimum Gasteiger partial charge on any atom is -0.236 e. The van der Waals surface area contributed by atoms with Crippen LogP contribution in [0.25, 0.3) is 21.4 Å². The molecule has 1 aliphatic rings. The van der Waals surface area contributed by atoms with Crippen molar-refractivity contribution in [3.63, 3.8) is 0 Å². The minimum atomic E-state index is 0.718. The van der Waals surface area contributed by atoms with Gasteiger partial charge in [0.1, 0.15) is 11.2 Å². The van der Waals surface area contributed by atoms with E-state index < -0.39 is 0 Å². The molecule has 1 aromatic heterocycles. The van der Waals surface area contributed by atoms with Crippen molar-refractivity contribution in [1.29, 1.82) is 0 Å². The molecule has 0 saturated carbocycles. The quantitative estimate of drug-likeness (QED) is 0.339. The van der Waals surface area contributed by atoms with Gasteiger partial charge in [0.05, 0.1) is 12.0 Å². The second-order valence-corrected chi connectivity index (χ2v) is 5.38. The smallest absolute Gasteiger partial charge is 0.217 e. The first-order valence-corrected chi connectivity index (χ1v) is 6.72. The summed E-state index contributed by atoms with van der Waals surface area (Å²) in [5.74, 6) is 0. The Labute approximate surface area is 117 Å². The van der Waals surface area contributed by atoms with Crippen molar-refractivity contribution in [3.8, 4) is 5.69 Å². The molecule has 0 bridgehead atoms. The Balaban J connectivity index is 2.19. The van der Waals surface area contributed by atoms with Crippen LogP contribution >= 0.6 is 0 Å². The zero-order valence-electron chi connectivity index (χ0n) is 11.5. The van der Waals surface area contributed by atoms with Gasteiger partial charge in [0.2, 0.25) is 11.9 Å². The fraction of sp³-hybridized carbons (Fsp3) is 0.176. The average molecular weight is 260 g/mol. The average Bonchev–Trinajstić information content (AvgIpc) is 2.97. The van der Waals surface area contributed by atoms with E-state index in [1.807, 2.05) is 12.1 Å². The summed E-state index contributed by atoms with van der Waals surface area (Å²) in [6.07, 6.45) is 2.14. The van der Waals surface area contributed by atoms with Crippen LogP contribution in [-0.4, -0.2) is 4.68 Å². The highest BCUT2D eigenvalue weighted by Gasteiger charge is 2.30. The Bertz CT molecular complexity index is 910. The van der Waals surface area contributed by atoms with Crippen molar-refractivity contribution < 1.29 is 4.68 Å². The van der Waals surface area contributed by atoms with Crippen LogP contribution in [0.1, 0.15) is 16.7 Å². The highest BCUT2D eigenvalue weighted by molar-refractivity contribution is 5.92. The van der Waals surface area contributed by atoms with Crippen molar-refractivity contribution >= 4 is 16.6 Å². The van der Waals surface area contributed by atoms with Crippen molar-refractivity contribution in [2.45, 2.75) is 20.4 Å². The van der Waals surface area contributed by atoms with E-state index in [0.29, 0.717) is 0 Å². The SMILES string of the molecule is [C-]#[N+]c1cccc2c[n+]3n(c12)-c1c(ccc(C)c1C)C3. The summed E-state index contributed by atoms with van der Waals surface area (Å²) in [5, 5.41) is 1.13. The minimum absolute atomic E-state index is 0.718. The van der Waals surface area contributed by atoms with Gasteiger partial charge in [-0.05, 0) is 37.1 Å². The largest absolute Gasteiger partial charge is 0.236 e. The molecule has 0 unspecified atom stereocenters. The van der Waals surface area contributed by atoms with Gasteiger partial charge in [-0.1, -0.05) is 18.2 Å². The molecule has 0 aliphatic carbocycles. The Morgan fingerprint density at radius 1 is 1.20 bits per heavy atom. The summed E-state index contributed by atoms with van der Waals surface area (Å²) in [6, 6.07) is 10.3. The molecule has 3 aromatic rings. The lowest BCUT2D eigenvalue weighted by atomic mass is 10.0. The number of aryl methyl sites for hydroxylation is 1. The number of rotatable bonds is 0. The predicted octanol–water partition coefficient (Wildman–Crippen LogP) is 3.45. The summed E-state index contributed by atoms with van der Waals surface area (Å²) in [4.78, 5) is 3.69. The molecule has 0 N–H and O–H groups in total. The fourth-order valence-electron chi connectivity index (χ4n) is 3.13. The summed E-state index contributed by atoms with van der Waals surface area (Å²) in [6.45, 7) is 12.6. The summed E-state index contributed by atoms with van der Waals surface area (Å²) in [7, 11) is 0. The van der Waals surface area contributed by atoms with E-state index in [9.17, 15) is 0 Å². The van der Waals surface area contributed by atoms with Crippen LogP contribution in [0.5, 0.6) is 0 Å². The maximum Gasteiger partial charge on any atom is 0.217 e. The third-order valence-corrected chi connectivity index (χ3v) is 4.25. The number of hydrogen-bond donors (Lipinski definition) is 0. The number of aromatic nitrogens is 2.